The number of hydrogen-bond donors (Lipinski definition) is 2. The lowest BCUT2D eigenvalue weighted by Crippen LogP contribution is -2.35. The minimum atomic E-state index is -3.73. The average Bonchev–Trinajstić information content (AvgIpc) is 3.43. The van der Waals surface area contributed by atoms with Crippen LogP contribution in [0.1, 0.15) is 32.1 Å². The van der Waals surface area contributed by atoms with E-state index >= 15 is 0 Å². The van der Waals surface area contributed by atoms with Gasteiger partial charge in [-0.3, -0.25) is 14.3 Å². The molecule has 154 valence electrons. The lowest BCUT2D eigenvalue weighted by atomic mass is 10.1. The van der Waals surface area contributed by atoms with Crippen molar-refractivity contribution in [3.05, 3.63) is 35.8 Å². The Morgan fingerprint density at radius 2 is 1.90 bits per heavy atom. The fraction of sp³-hybridized carbons (Fsp3) is 0.421. The molecule has 2 aliphatic rings. The summed E-state index contributed by atoms with van der Waals surface area (Å²) in [4.78, 5) is 30.7. The van der Waals surface area contributed by atoms with Gasteiger partial charge in [0, 0.05) is 36.3 Å². The van der Waals surface area contributed by atoms with Crippen LogP contribution in [0.4, 0.5) is 10.8 Å². The zero-order chi connectivity index (χ0) is 20.4. The van der Waals surface area contributed by atoms with E-state index in [0.717, 1.165) is 25.7 Å². The van der Waals surface area contributed by atoms with Crippen molar-refractivity contribution in [1.29, 1.82) is 0 Å². The van der Waals surface area contributed by atoms with Crippen molar-refractivity contribution in [2.24, 2.45) is 5.92 Å². The molecule has 1 unspecified atom stereocenters. The molecular formula is C19H22N4O4S2. The molecule has 2 N–H and O–H groups in total. The van der Waals surface area contributed by atoms with Gasteiger partial charge in [0.15, 0.2) is 5.13 Å². The summed E-state index contributed by atoms with van der Waals surface area (Å²) in [7, 11) is -3.73. The number of nitrogens with one attached hydrogen (secondary N) is 2. The van der Waals surface area contributed by atoms with E-state index in [1.54, 1.807) is 17.5 Å². The van der Waals surface area contributed by atoms with Crippen LogP contribution >= 0.6 is 11.3 Å². The zero-order valence-corrected chi connectivity index (χ0v) is 17.3. The van der Waals surface area contributed by atoms with Gasteiger partial charge in [-0.15, -0.1) is 11.3 Å². The number of benzene rings is 1. The molecule has 0 radical (unpaired) electrons. The molecule has 1 aromatic carbocycles. The number of hydrogen-bond acceptors (Lipinski definition) is 6. The van der Waals surface area contributed by atoms with Gasteiger partial charge in [0.05, 0.1) is 10.8 Å². The predicted octanol–water partition coefficient (Wildman–Crippen LogP) is 2.67. The Labute approximate surface area is 173 Å². The van der Waals surface area contributed by atoms with Crippen LogP contribution in [0.5, 0.6) is 0 Å². The quantitative estimate of drug-likeness (QED) is 0.727. The number of carbonyl (C=O) groups is 2. The van der Waals surface area contributed by atoms with Crippen molar-refractivity contribution >= 4 is 44.0 Å². The van der Waals surface area contributed by atoms with Gasteiger partial charge in [0.1, 0.15) is 0 Å². The third-order valence-corrected chi connectivity index (χ3v) is 7.55. The molecule has 1 saturated carbocycles. The predicted molar refractivity (Wildman–Crippen MR) is 110 cm³/mol. The van der Waals surface area contributed by atoms with Gasteiger partial charge in [-0.25, -0.2) is 13.4 Å². The lowest BCUT2D eigenvalue weighted by molar-refractivity contribution is -0.129. The van der Waals surface area contributed by atoms with Gasteiger partial charge in [0.2, 0.25) is 11.8 Å². The summed E-state index contributed by atoms with van der Waals surface area (Å²) in [5.41, 5.74) is 0.495. The van der Waals surface area contributed by atoms with Crippen LogP contribution in [-0.2, 0) is 19.6 Å². The van der Waals surface area contributed by atoms with E-state index in [4.69, 9.17) is 0 Å². The van der Waals surface area contributed by atoms with Crippen LogP contribution in [0.2, 0.25) is 0 Å². The molecule has 1 aliphatic carbocycles. The molecule has 1 aromatic heterocycles. The smallest absolute Gasteiger partial charge is 0.263 e. The SMILES string of the molecule is O=C(Nc1ccc(S(=O)(=O)Nc2nccs2)cc1)C1CC(=O)N(C2CCCC2)C1. The van der Waals surface area contributed by atoms with Crippen LogP contribution in [0, 0.1) is 5.92 Å². The fourth-order valence-corrected chi connectivity index (χ4v) is 5.67. The van der Waals surface area contributed by atoms with E-state index in [2.05, 4.69) is 15.0 Å². The van der Waals surface area contributed by atoms with Gasteiger partial charge in [-0.05, 0) is 37.1 Å². The number of likely N-dealkylation sites (tertiary alicyclic amines) is 1. The Bertz CT molecular complexity index is 984. The van der Waals surface area contributed by atoms with Crippen molar-refractivity contribution in [3.63, 3.8) is 0 Å². The fourth-order valence-electron chi connectivity index (χ4n) is 3.89. The molecular weight excluding hydrogens is 412 g/mol. The third-order valence-electron chi connectivity index (χ3n) is 5.38. The van der Waals surface area contributed by atoms with E-state index < -0.39 is 10.0 Å². The molecule has 0 spiro atoms. The number of thiazole rings is 1. The Morgan fingerprint density at radius 3 is 2.55 bits per heavy atom. The highest BCUT2D eigenvalue weighted by molar-refractivity contribution is 7.93. The minimum absolute atomic E-state index is 0.0479. The van der Waals surface area contributed by atoms with E-state index in [1.165, 1.54) is 29.7 Å². The molecule has 0 bridgehead atoms. The Morgan fingerprint density at radius 1 is 1.17 bits per heavy atom. The van der Waals surface area contributed by atoms with Crippen molar-refractivity contribution in [2.75, 3.05) is 16.6 Å². The van der Waals surface area contributed by atoms with Crippen LogP contribution in [0.25, 0.3) is 0 Å². The molecule has 8 nitrogen and oxygen atoms in total. The Hall–Kier alpha value is -2.46. The number of carbonyl (C=O) groups excluding carboxylic acids is 2. The summed E-state index contributed by atoms with van der Waals surface area (Å²) < 4.78 is 27.1. The third kappa shape index (κ3) is 4.43. The summed E-state index contributed by atoms with van der Waals surface area (Å²) in [6.07, 6.45) is 6.06. The van der Waals surface area contributed by atoms with E-state index in [0.29, 0.717) is 17.4 Å². The van der Waals surface area contributed by atoms with Crippen molar-refractivity contribution < 1.29 is 18.0 Å². The number of anilines is 2. The maximum absolute atomic E-state index is 12.6. The summed E-state index contributed by atoms with van der Waals surface area (Å²) >= 11 is 1.19. The molecule has 2 heterocycles. The number of rotatable bonds is 6. The summed E-state index contributed by atoms with van der Waals surface area (Å²) in [5, 5.41) is 4.77. The van der Waals surface area contributed by atoms with Crippen molar-refractivity contribution in [2.45, 2.75) is 43.0 Å². The van der Waals surface area contributed by atoms with E-state index in [1.807, 2.05) is 4.90 Å². The molecule has 4 rings (SSSR count). The van der Waals surface area contributed by atoms with Gasteiger partial charge in [-0.1, -0.05) is 12.8 Å². The molecule has 2 aromatic rings. The zero-order valence-electron chi connectivity index (χ0n) is 15.7. The monoisotopic (exact) mass is 434 g/mol. The molecule has 1 atom stereocenters. The summed E-state index contributed by atoms with van der Waals surface area (Å²) in [5.74, 6) is -0.541. The number of sulfonamides is 1. The Kier molecular flexibility index (Phi) is 5.55. The van der Waals surface area contributed by atoms with Crippen LogP contribution in [-0.4, -0.2) is 42.7 Å². The van der Waals surface area contributed by atoms with Crippen molar-refractivity contribution in [1.82, 2.24) is 9.88 Å². The molecule has 10 heteroatoms. The van der Waals surface area contributed by atoms with E-state index in [9.17, 15) is 18.0 Å². The molecule has 29 heavy (non-hydrogen) atoms. The first-order chi connectivity index (χ1) is 13.9. The van der Waals surface area contributed by atoms with E-state index in [-0.39, 0.29) is 35.1 Å². The van der Waals surface area contributed by atoms with Gasteiger partial charge < -0.3 is 10.2 Å². The van der Waals surface area contributed by atoms with Crippen molar-refractivity contribution in [3.8, 4) is 0 Å². The van der Waals surface area contributed by atoms with Gasteiger partial charge in [0.25, 0.3) is 10.0 Å². The molecule has 1 saturated heterocycles. The number of amides is 2. The highest BCUT2D eigenvalue weighted by Crippen LogP contribution is 2.30. The number of aromatic nitrogens is 1. The highest BCUT2D eigenvalue weighted by Gasteiger charge is 2.38. The minimum Gasteiger partial charge on any atom is -0.339 e. The average molecular weight is 435 g/mol. The first kappa shape index (κ1) is 19.8. The second-order valence-electron chi connectivity index (χ2n) is 7.34. The second-order valence-corrected chi connectivity index (χ2v) is 9.92. The van der Waals surface area contributed by atoms with Gasteiger partial charge in [-0.2, -0.15) is 0 Å². The normalized spacial score (nSPS) is 20.2. The maximum atomic E-state index is 12.6. The Balaban J connectivity index is 1.37. The summed E-state index contributed by atoms with van der Waals surface area (Å²) in [6, 6.07) is 6.21. The highest BCUT2D eigenvalue weighted by atomic mass is 32.2. The van der Waals surface area contributed by atoms with Crippen LogP contribution in [0.3, 0.4) is 0 Å². The molecule has 2 fully saturated rings. The molecule has 1 aliphatic heterocycles. The first-order valence-corrected chi connectivity index (χ1v) is 11.9. The van der Waals surface area contributed by atoms with Crippen LogP contribution in [0.15, 0.2) is 40.7 Å². The molecule has 2 amide bonds. The topological polar surface area (TPSA) is 108 Å². The summed E-state index contributed by atoms with van der Waals surface area (Å²) in [6.45, 7) is 0.458. The van der Waals surface area contributed by atoms with Crippen LogP contribution < -0.4 is 10.0 Å². The maximum Gasteiger partial charge on any atom is 0.263 e. The van der Waals surface area contributed by atoms with Gasteiger partial charge >= 0.3 is 0 Å². The standard InChI is InChI=1S/C19H22N4O4S2/c24-17-11-13(12-23(17)15-3-1-2-4-15)18(25)21-14-5-7-16(8-6-14)29(26,27)22-19-20-9-10-28-19/h5-10,13,15H,1-4,11-12H2,(H,20,22)(H,21,25). The largest absolute Gasteiger partial charge is 0.339 e. The lowest BCUT2D eigenvalue weighted by Gasteiger charge is -2.23. The first-order valence-electron chi connectivity index (χ1n) is 9.55. The number of nitrogens with zero attached hydrogens (tertiary/aromatic N) is 2. The second kappa shape index (κ2) is 8.11.